The predicted octanol–water partition coefficient (Wildman–Crippen LogP) is 5.08. The Morgan fingerprint density at radius 2 is 1.91 bits per heavy atom. The monoisotopic (exact) mass is 387 g/mol. The molecule has 0 aliphatic heterocycles. The molecule has 2 aromatic rings. The van der Waals surface area contributed by atoms with Crippen molar-refractivity contribution in [1.29, 1.82) is 0 Å². The fourth-order valence-corrected chi connectivity index (χ4v) is 2.78. The molecule has 0 radical (unpaired) electrons. The van der Waals surface area contributed by atoms with Gasteiger partial charge >= 0.3 is 0 Å². The highest BCUT2D eigenvalue weighted by atomic mass is 79.9. The van der Waals surface area contributed by atoms with E-state index < -0.39 is 12.3 Å². The molecule has 0 aliphatic rings. The second-order valence-electron chi connectivity index (χ2n) is 5.39. The van der Waals surface area contributed by atoms with Crippen LogP contribution < -0.4 is 4.74 Å². The molecule has 0 aliphatic carbocycles. The number of hydrogen-bond donors (Lipinski definition) is 1. The largest absolute Gasteiger partial charge is 0.437 e. The maximum Gasteiger partial charge on any atom is 0.233 e. The lowest BCUT2D eigenvalue weighted by Crippen LogP contribution is -2.23. The SMILES string of the molecule is Cc1cc(Cl)cc(C)c1Oc1ncc(C(C)(O)CF)cc1Br. The number of aromatic nitrogens is 1. The molecule has 22 heavy (non-hydrogen) atoms. The van der Waals surface area contributed by atoms with Gasteiger partial charge < -0.3 is 9.84 Å². The molecule has 2 rings (SSSR count). The molecule has 6 heteroatoms. The minimum atomic E-state index is -1.57. The molecule has 0 saturated heterocycles. The van der Waals surface area contributed by atoms with Gasteiger partial charge in [-0.1, -0.05) is 11.6 Å². The number of pyridine rings is 1. The first-order valence-electron chi connectivity index (χ1n) is 6.63. The van der Waals surface area contributed by atoms with Gasteiger partial charge in [0, 0.05) is 16.8 Å². The summed E-state index contributed by atoms with van der Waals surface area (Å²) in [6.45, 7) is 4.29. The average Bonchev–Trinajstić information content (AvgIpc) is 2.44. The van der Waals surface area contributed by atoms with Crippen LogP contribution in [-0.4, -0.2) is 16.8 Å². The van der Waals surface area contributed by atoms with Crippen molar-refractivity contribution < 1.29 is 14.2 Å². The fourth-order valence-electron chi connectivity index (χ4n) is 2.03. The topological polar surface area (TPSA) is 42.4 Å². The molecule has 1 aromatic heterocycles. The Hall–Kier alpha value is -1.17. The first-order chi connectivity index (χ1) is 10.2. The zero-order chi connectivity index (χ0) is 16.5. The summed E-state index contributed by atoms with van der Waals surface area (Å²) in [7, 11) is 0. The predicted molar refractivity (Wildman–Crippen MR) is 88.5 cm³/mol. The van der Waals surface area contributed by atoms with Crippen molar-refractivity contribution in [2.45, 2.75) is 26.4 Å². The Kier molecular flexibility index (Phi) is 5.10. The number of rotatable bonds is 4. The number of benzene rings is 1. The summed E-state index contributed by atoms with van der Waals surface area (Å²) in [6, 6.07) is 5.21. The van der Waals surface area contributed by atoms with Crippen LogP contribution in [0.1, 0.15) is 23.6 Å². The first kappa shape index (κ1) is 17.2. The quantitative estimate of drug-likeness (QED) is 0.794. The van der Waals surface area contributed by atoms with Gasteiger partial charge in [0.15, 0.2) is 0 Å². The highest BCUT2D eigenvalue weighted by molar-refractivity contribution is 9.10. The minimum Gasteiger partial charge on any atom is -0.437 e. The van der Waals surface area contributed by atoms with Gasteiger partial charge in [0.1, 0.15) is 18.0 Å². The summed E-state index contributed by atoms with van der Waals surface area (Å²) in [5.74, 6) is 1.01. The molecular weight excluding hydrogens is 373 g/mol. The van der Waals surface area contributed by atoms with Gasteiger partial charge in [-0.3, -0.25) is 0 Å². The normalized spacial score (nSPS) is 13.8. The van der Waals surface area contributed by atoms with Crippen LogP contribution >= 0.6 is 27.5 Å². The van der Waals surface area contributed by atoms with Crippen molar-refractivity contribution in [3.05, 3.63) is 50.6 Å². The zero-order valence-corrected chi connectivity index (χ0v) is 14.8. The Labute approximate surface area is 142 Å². The van der Waals surface area contributed by atoms with E-state index in [-0.39, 0.29) is 0 Å². The van der Waals surface area contributed by atoms with E-state index in [2.05, 4.69) is 20.9 Å². The van der Waals surface area contributed by atoms with E-state index in [9.17, 15) is 9.50 Å². The third kappa shape index (κ3) is 3.59. The third-order valence-corrected chi connectivity index (χ3v) is 4.10. The number of halogens is 3. The molecule has 0 fully saturated rings. The van der Waals surface area contributed by atoms with Gasteiger partial charge in [0.25, 0.3) is 0 Å². The van der Waals surface area contributed by atoms with Crippen LogP contribution in [0, 0.1) is 13.8 Å². The standard InChI is InChI=1S/C16H16BrClFNO2/c1-9-4-12(18)5-10(2)14(9)22-15-13(17)6-11(7-20-15)16(3,21)8-19/h4-7,21H,8H2,1-3H3. The van der Waals surface area contributed by atoms with Crippen LogP contribution in [-0.2, 0) is 5.60 Å². The Balaban J connectivity index is 2.36. The van der Waals surface area contributed by atoms with Crippen LogP contribution in [0.15, 0.2) is 28.9 Å². The van der Waals surface area contributed by atoms with Crippen molar-refractivity contribution in [3.8, 4) is 11.6 Å². The van der Waals surface area contributed by atoms with E-state index in [1.54, 1.807) is 18.2 Å². The maximum atomic E-state index is 12.8. The second kappa shape index (κ2) is 6.52. The number of ether oxygens (including phenoxy) is 1. The van der Waals surface area contributed by atoms with Gasteiger partial charge in [0.05, 0.1) is 4.47 Å². The second-order valence-corrected chi connectivity index (χ2v) is 6.68. The summed E-state index contributed by atoms with van der Waals surface area (Å²) in [6.07, 6.45) is 1.40. The summed E-state index contributed by atoms with van der Waals surface area (Å²) in [5.41, 5.74) is 0.580. The molecule has 118 valence electrons. The van der Waals surface area contributed by atoms with Gasteiger partial charge in [-0.25, -0.2) is 9.37 Å². The van der Waals surface area contributed by atoms with Gasteiger partial charge in [-0.05, 0) is 66.0 Å². The van der Waals surface area contributed by atoms with E-state index in [1.807, 2.05) is 13.8 Å². The lowest BCUT2D eigenvalue weighted by Gasteiger charge is -2.20. The molecule has 1 unspecified atom stereocenters. The Bertz CT molecular complexity index is 684. The zero-order valence-electron chi connectivity index (χ0n) is 12.5. The molecular formula is C16H16BrClFNO2. The van der Waals surface area contributed by atoms with Crippen molar-refractivity contribution in [2.24, 2.45) is 0 Å². The highest BCUT2D eigenvalue weighted by Crippen LogP contribution is 2.35. The van der Waals surface area contributed by atoms with Crippen molar-refractivity contribution in [1.82, 2.24) is 4.98 Å². The summed E-state index contributed by atoms with van der Waals surface area (Å²) in [5, 5.41) is 10.6. The number of aliphatic hydroxyl groups is 1. The number of alkyl halides is 1. The van der Waals surface area contributed by atoms with E-state index in [4.69, 9.17) is 16.3 Å². The van der Waals surface area contributed by atoms with Crippen LogP contribution in [0.4, 0.5) is 4.39 Å². The van der Waals surface area contributed by atoms with Crippen LogP contribution in [0.3, 0.4) is 0 Å². The molecule has 1 N–H and O–H groups in total. The van der Waals surface area contributed by atoms with E-state index in [0.717, 1.165) is 11.1 Å². The van der Waals surface area contributed by atoms with Gasteiger partial charge in [-0.2, -0.15) is 0 Å². The summed E-state index contributed by atoms with van der Waals surface area (Å²) < 4.78 is 19.2. The maximum absolute atomic E-state index is 12.8. The number of nitrogens with zero attached hydrogens (tertiary/aromatic N) is 1. The molecule has 0 bridgehead atoms. The van der Waals surface area contributed by atoms with Gasteiger partial charge in [-0.15, -0.1) is 0 Å². The Morgan fingerprint density at radius 3 is 2.41 bits per heavy atom. The highest BCUT2D eigenvalue weighted by Gasteiger charge is 2.24. The summed E-state index contributed by atoms with van der Waals surface area (Å²) in [4.78, 5) is 4.16. The summed E-state index contributed by atoms with van der Waals surface area (Å²) >= 11 is 9.34. The molecule has 1 heterocycles. The fraction of sp³-hybridized carbons (Fsp3) is 0.312. The van der Waals surface area contributed by atoms with Crippen molar-refractivity contribution >= 4 is 27.5 Å². The lowest BCUT2D eigenvalue weighted by molar-refractivity contribution is 0.0295. The van der Waals surface area contributed by atoms with E-state index >= 15 is 0 Å². The third-order valence-electron chi connectivity index (χ3n) is 3.31. The smallest absolute Gasteiger partial charge is 0.233 e. The number of hydrogen-bond acceptors (Lipinski definition) is 3. The van der Waals surface area contributed by atoms with Crippen molar-refractivity contribution in [3.63, 3.8) is 0 Å². The molecule has 1 aromatic carbocycles. The molecule has 1 atom stereocenters. The van der Waals surface area contributed by atoms with Gasteiger partial charge in [0.2, 0.25) is 5.88 Å². The van der Waals surface area contributed by atoms with Crippen molar-refractivity contribution in [2.75, 3.05) is 6.67 Å². The number of aryl methyl sites for hydroxylation is 2. The Morgan fingerprint density at radius 1 is 1.32 bits per heavy atom. The average molecular weight is 389 g/mol. The lowest BCUT2D eigenvalue weighted by atomic mass is 10.00. The first-order valence-corrected chi connectivity index (χ1v) is 7.80. The minimum absolute atomic E-state index is 0.340. The van der Waals surface area contributed by atoms with Crippen LogP contribution in [0.2, 0.25) is 5.02 Å². The van der Waals surface area contributed by atoms with E-state index in [0.29, 0.717) is 26.7 Å². The molecule has 0 saturated carbocycles. The van der Waals surface area contributed by atoms with Crippen LogP contribution in [0.25, 0.3) is 0 Å². The molecule has 3 nitrogen and oxygen atoms in total. The molecule has 0 spiro atoms. The van der Waals surface area contributed by atoms with Crippen LogP contribution in [0.5, 0.6) is 11.6 Å². The van der Waals surface area contributed by atoms with E-state index in [1.165, 1.54) is 13.1 Å². The molecule has 0 amide bonds.